The van der Waals surface area contributed by atoms with E-state index >= 15 is 0 Å². The zero-order chi connectivity index (χ0) is 15.4. The second-order valence-corrected chi connectivity index (χ2v) is 5.81. The Bertz CT molecular complexity index is 639. The number of carbonyl (C=O) groups excluding carboxylic acids is 1. The van der Waals surface area contributed by atoms with Crippen LogP contribution in [-0.2, 0) is 17.8 Å². The average Bonchev–Trinajstić information content (AvgIpc) is 2.59. The number of amides is 1. The number of hydrogen-bond donors (Lipinski definition) is 1. The first-order valence-electron chi connectivity index (χ1n) is 7.92. The summed E-state index contributed by atoms with van der Waals surface area (Å²) in [4.78, 5) is 14.7. The van der Waals surface area contributed by atoms with Crippen molar-refractivity contribution >= 4 is 11.6 Å². The van der Waals surface area contributed by atoms with E-state index < -0.39 is 0 Å². The Labute approximate surface area is 132 Å². The van der Waals surface area contributed by atoms with Crippen molar-refractivity contribution in [3.63, 3.8) is 0 Å². The van der Waals surface area contributed by atoms with E-state index in [2.05, 4.69) is 28.4 Å². The van der Waals surface area contributed by atoms with Crippen LogP contribution in [-0.4, -0.2) is 18.5 Å². The highest BCUT2D eigenvalue weighted by atomic mass is 16.2. The van der Waals surface area contributed by atoms with Crippen LogP contribution in [0.15, 0.2) is 54.6 Å². The largest absolute Gasteiger partial charge is 0.360 e. The Balaban J connectivity index is 1.66. The lowest BCUT2D eigenvalue weighted by atomic mass is 10.00. The minimum Gasteiger partial charge on any atom is -0.360 e. The van der Waals surface area contributed by atoms with Crippen LogP contribution in [0.25, 0.3) is 0 Å². The number of benzene rings is 2. The predicted octanol–water partition coefficient (Wildman–Crippen LogP) is 3.14. The Morgan fingerprint density at radius 1 is 1.14 bits per heavy atom. The zero-order valence-corrected chi connectivity index (χ0v) is 13.0. The topological polar surface area (TPSA) is 32.3 Å². The van der Waals surface area contributed by atoms with Crippen LogP contribution < -0.4 is 10.2 Å². The normalized spacial score (nSPS) is 15.0. The van der Waals surface area contributed by atoms with Gasteiger partial charge in [-0.15, -0.1) is 0 Å². The molecule has 1 aliphatic rings. The molecule has 1 heterocycles. The molecule has 0 aliphatic carbocycles. The number of para-hydroxylation sites is 1. The van der Waals surface area contributed by atoms with Gasteiger partial charge in [-0.05, 0) is 37.0 Å². The van der Waals surface area contributed by atoms with Gasteiger partial charge in [0.2, 0.25) is 5.91 Å². The van der Waals surface area contributed by atoms with Crippen molar-refractivity contribution in [3.8, 4) is 0 Å². The smallest absolute Gasteiger partial charge is 0.242 e. The summed E-state index contributed by atoms with van der Waals surface area (Å²) < 4.78 is 0. The summed E-state index contributed by atoms with van der Waals surface area (Å²) in [6.07, 6.45) is 2.21. The summed E-state index contributed by atoms with van der Waals surface area (Å²) in [5.74, 6) is 0.0838. The van der Waals surface area contributed by atoms with Gasteiger partial charge in [-0.2, -0.15) is 0 Å². The van der Waals surface area contributed by atoms with Crippen LogP contribution >= 0.6 is 0 Å². The third kappa shape index (κ3) is 3.14. The number of rotatable bonds is 4. The average molecular weight is 294 g/mol. The van der Waals surface area contributed by atoms with Crippen molar-refractivity contribution in [2.45, 2.75) is 32.4 Å². The molecule has 3 rings (SSSR count). The van der Waals surface area contributed by atoms with E-state index in [0.717, 1.165) is 24.9 Å². The fourth-order valence-electron chi connectivity index (χ4n) is 3.04. The van der Waals surface area contributed by atoms with Gasteiger partial charge in [0.15, 0.2) is 0 Å². The summed E-state index contributed by atoms with van der Waals surface area (Å²) in [6, 6.07) is 18.3. The van der Waals surface area contributed by atoms with Gasteiger partial charge in [-0.1, -0.05) is 48.5 Å². The summed E-state index contributed by atoms with van der Waals surface area (Å²) in [5, 5.41) is 3.05. The van der Waals surface area contributed by atoms with E-state index in [1.165, 1.54) is 11.3 Å². The number of nitrogens with one attached hydrogen (secondary N) is 1. The number of fused-ring (bicyclic) bond motifs is 1. The maximum Gasteiger partial charge on any atom is 0.242 e. The minimum absolute atomic E-state index is 0.0838. The highest BCUT2D eigenvalue weighted by Gasteiger charge is 2.25. The number of nitrogens with zero attached hydrogens (tertiary/aromatic N) is 1. The first-order valence-corrected chi connectivity index (χ1v) is 7.92. The second kappa shape index (κ2) is 6.65. The molecule has 1 amide bonds. The molecule has 1 N–H and O–H groups in total. The SMILES string of the molecule is CC(C(=O)NCc1ccccc1)N1CCCc2ccccc21. The third-order valence-electron chi connectivity index (χ3n) is 4.30. The molecule has 2 aromatic rings. The van der Waals surface area contributed by atoms with Crippen LogP contribution in [0.2, 0.25) is 0 Å². The van der Waals surface area contributed by atoms with Crippen molar-refractivity contribution in [1.82, 2.24) is 5.32 Å². The van der Waals surface area contributed by atoms with E-state index in [-0.39, 0.29) is 11.9 Å². The molecular weight excluding hydrogens is 272 g/mol. The molecule has 0 bridgehead atoms. The molecular formula is C19H22N2O. The molecule has 0 saturated carbocycles. The van der Waals surface area contributed by atoms with Gasteiger partial charge in [0.05, 0.1) is 0 Å². The Kier molecular flexibility index (Phi) is 4.42. The summed E-state index contributed by atoms with van der Waals surface area (Å²) in [6.45, 7) is 3.51. The lowest BCUT2D eigenvalue weighted by molar-refractivity contribution is -0.122. The molecule has 114 valence electrons. The number of anilines is 1. The number of carbonyl (C=O) groups is 1. The van der Waals surface area contributed by atoms with Crippen LogP contribution in [0.3, 0.4) is 0 Å². The molecule has 1 unspecified atom stereocenters. The van der Waals surface area contributed by atoms with E-state index in [4.69, 9.17) is 0 Å². The number of aryl methyl sites for hydroxylation is 1. The highest BCUT2D eigenvalue weighted by molar-refractivity contribution is 5.85. The Morgan fingerprint density at radius 2 is 1.86 bits per heavy atom. The Morgan fingerprint density at radius 3 is 2.68 bits per heavy atom. The van der Waals surface area contributed by atoms with Crippen molar-refractivity contribution < 1.29 is 4.79 Å². The summed E-state index contributed by atoms with van der Waals surface area (Å²) >= 11 is 0. The first-order chi connectivity index (χ1) is 10.8. The lowest BCUT2D eigenvalue weighted by Crippen LogP contribution is -2.47. The van der Waals surface area contributed by atoms with Crippen molar-refractivity contribution in [2.75, 3.05) is 11.4 Å². The van der Waals surface area contributed by atoms with E-state index in [9.17, 15) is 4.79 Å². The second-order valence-electron chi connectivity index (χ2n) is 5.81. The summed E-state index contributed by atoms with van der Waals surface area (Å²) in [7, 11) is 0. The van der Waals surface area contributed by atoms with Crippen LogP contribution in [0.5, 0.6) is 0 Å². The van der Waals surface area contributed by atoms with Crippen molar-refractivity contribution in [1.29, 1.82) is 0 Å². The van der Waals surface area contributed by atoms with E-state index in [1.54, 1.807) is 0 Å². The molecule has 0 aromatic heterocycles. The monoisotopic (exact) mass is 294 g/mol. The molecule has 1 aliphatic heterocycles. The Hall–Kier alpha value is -2.29. The summed E-state index contributed by atoms with van der Waals surface area (Å²) in [5.41, 5.74) is 3.68. The molecule has 2 aromatic carbocycles. The maximum absolute atomic E-state index is 12.5. The van der Waals surface area contributed by atoms with Gasteiger partial charge >= 0.3 is 0 Å². The van der Waals surface area contributed by atoms with Gasteiger partial charge in [0, 0.05) is 18.8 Å². The molecule has 0 radical (unpaired) electrons. The van der Waals surface area contributed by atoms with Gasteiger partial charge in [-0.3, -0.25) is 4.79 Å². The maximum atomic E-state index is 12.5. The molecule has 3 heteroatoms. The molecule has 0 saturated heterocycles. The van der Waals surface area contributed by atoms with Gasteiger partial charge in [-0.25, -0.2) is 0 Å². The first kappa shape index (κ1) is 14.6. The van der Waals surface area contributed by atoms with E-state index in [1.807, 2.05) is 43.3 Å². The van der Waals surface area contributed by atoms with Gasteiger partial charge < -0.3 is 10.2 Å². The van der Waals surface area contributed by atoms with Crippen molar-refractivity contribution in [2.24, 2.45) is 0 Å². The van der Waals surface area contributed by atoms with Crippen LogP contribution in [0.4, 0.5) is 5.69 Å². The molecule has 1 atom stereocenters. The quantitative estimate of drug-likeness (QED) is 0.939. The lowest BCUT2D eigenvalue weighted by Gasteiger charge is -2.35. The molecule has 0 spiro atoms. The van der Waals surface area contributed by atoms with Crippen LogP contribution in [0.1, 0.15) is 24.5 Å². The molecule has 22 heavy (non-hydrogen) atoms. The predicted molar refractivity (Wildman–Crippen MR) is 89.9 cm³/mol. The fraction of sp³-hybridized carbons (Fsp3) is 0.316. The highest BCUT2D eigenvalue weighted by Crippen LogP contribution is 2.28. The van der Waals surface area contributed by atoms with Gasteiger partial charge in [0.25, 0.3) is 0 Å². The minimum atomic E-state index is -0.148. The molecule has 3 nitrogen and oxygen atoms in total. The zero-order valence-electron chi connectivity index (χ0n) is 13.0. The van der Waals surface area contributed by atoms with E-state index in [0.29, 0.717) is 6.54 Å². The van der Waals surface area contributed by atoms with Crippen molar-refractivity contribution in [3.05, 3.63) is 65.7 Å². The number of hydrogen-bond acceptors (Lipinski definition) is 2. The molecule has 0 fully saturated rings. The van der Waals surface area contributed by atoms with Crippen LogP contribution in [0, 0.1) is 0 Å². The third-order valence-corrected chi connectivity index (χ3v) is 4.30. The van der Waals surface area contributed by atoms with Gasteiger partial charge in [0.1, 0.15) is 6.04 Å². The standard InChI is InChI=1S/C19H22N2O/c1-15(19(22)20-14-16-8-3-2-4-9-16)21-13-7-11-17-10-5-6-12-18(17)21/h2-6,8-10,12,15H,7,11,13-14H2,1H3,(H,20,22). The fourth-order valence-corrected chi connectivity index (χ4v) is 3.04.